The van der Waals surface area contributed by atoms with E-state index in [0.717, 1.165) is 57.7 Å². The summed E-state index contributed by atoms with van der Waals surface area (Å²) in [7, 11) is -3.56. The van der Waals surface area contributed by atoms with Gasteiger partial charge in [-0.2, -0.15) is 0 Å². The Kier molecular flexibility index (Phi) is 7.25. The molecule has 0 radical (unpaired) electrons. The quantitative estimate of drug-likeness (QED) is 0.433. The van der Waals surface area contributed by atoms with Crippen molar-refractivity contribution in [2.45, 2.75) is 36.6 Å². The number of nitrogens with zero attached hydrogens (tertiary/aromatic N) is 2. The molecule has 1 saturated heterocycles. The van der Waals surface area contributed by atoms with Crippen molar-refractivity contribution in [3.05, 3.63) is 84.4 Å². The van der Waals surface area contributed by atoms with E-state index in [1.54, 1.807) is 30.3 Å². The SMILES string of the molecule is O=S(=O)(Nc1ccc(N2CCC(NCCCN3CCc4ccccc43)CC2)cc1)c1ccccc1. The van der Waals surface area contributed by atoms with Crippen LogP contribution in [0.2, 0.25) is 0 Å². The lowest BCUT2D eigenvalue weighted by Crippen LogP contribution is -2.43. The fourth-order valence-electron chi connectivity index (χ4n) is 5.11. The highest BCUT2D eigenvalue weighted by Crippen LogP contribution is 2.27. The van der Waals surface area contributed by atoms with Crippen LogP contribution in [0.15, 0.2) is 83.8 Å². The summed E-state index contributed by atoms with van der Waals surface area (Å²) in [6.07, 6.45) is 4.57. The van der Waals surface area contributed by atoms with Gasteiger partial charge in [0.2, 0.25) is 0 Å². The maximum Gasteiger partial charge on any atom is 0.261 e. The molecule has 1 fully saturated rings. The summed E-state index contributed by atoms with van der Waals surface area (Å²) < 4.78 is 27.7. The second kappa shape index (κ2) is 10.7. The first-order valence-electron chi connectivity index (χ1n) is 12.6. The van der Waals surface area contributed by atoms with Crippen molar-refractivity contribution in [1.82, 2.24) is 5.32 Å². The van der Waals surface area contributed by atoms with Crippen molar-refractivity contribution in [3.63, 3.8) is 0 Å². The van der Waals surface area contributed by atoms with Gasteiger partial charge in [-0.15, -0.1) is 0 Å². The highest BCUT2D eigenvalue weighted by molar-refractivity contribution is 7.92. The van der Waals surface area contributed by atoms with Crippen LogP contribution in [0.1, 0.15) is 24.8 Å². The molecule has 5 rings (SSSR count). The summed E-state index contributed by atoms with van der Waals surface area (Å²) in [5.74, 6) is 0. The third-order valence-electron chi connectivity index (χ3n) is 7.05. The first-order chi connectivity index (χ1) is 17.1. The number of nitrogens with one attached hydrogen (secondary N) is 2. The number of hydrogen-bond donors (Lipinski definition) is 2. The molecule has 3 aromatic carbocycles. The van der Waals surface area contributed by atoms with Gasteiger partial charge in [-0.25, -0.2) is 8.42 Å². The van der Waals surface area contributed by atoms with Crippen LogP contribution in [0.4, 0.5) is 17.1 Å². The number of rotatable bonds is 9. The van der Waals surface area contributed by atoms with Gasteiger partial charge in [0.15, 0.2) is 0 Å². The number of piperidine rings is 1. The van der Waals surface area contributed by atoms with Gasteiger partial charge >= 0.3 is 0 Å². The monoisotopic (exact) mass is 490 g/mol. The Balaban J connectivity index is 1.04. The minimum absolute atomic E-state index is 0.267. The first kappa shape index (κ1) is 23.7. The molecule has 6 nitrogen and oxygen atoms in total. The lowest BCUT2D eigenvalue weighted by molar-refractivity contribution is 0.413. The van der Waals surface area contributed by atoms with Crippen molar-refractivity contribution < 1.29 is 8.42 Å². The Bertz CT molecular complexity index is 1210. The largest absolute Gasteiger partial charge is 0.371 e. The van der Waals surface area contributed by atoms with E-state index in [4.69, 9.17) is 0 Å². The fraction of sp³-hybridized carbons (Fsp3) is 0.357. The predicted molar refractivity (Wildman–Crippen MR) is 144 cm³/mol. The molecule has 35 heavy (non-hydrogen) atoms. The summed E-state index contributed by atoms with van der Waals surface area (Å²) in [4.78, 5) is 5.17. The number of hydrogen-bond acceptors (Lipinski definition) is 5. The van der Waals surface area contributed by atoms with Gasteiger partial charge in [-0.05, 0) is 80.3 Å². The van der Waals surface area contributed by atoms with Gasteiger partial charge in [-0.3, -0.25) is 4.72 Å². The third-order valence-corrected chi connectivity index (χ3v) is 8.45. The van der Waals surface area contributed by atoms with Crippen molar-refractivity contribution >= 4 is 27.1 Å². The van der Waals surface area contributed by atoms with Crippen LogP contribution >= 0.6 is 0 Å². The van der Waals surface area contributed by atoms with E-state index >= 15 is 0 Å². The van der Waals surface area contributed by atoms with Crippen LogP contribution in [0.25, 0.3) is 0 Å². The van der Waals surface area contributed by atoms with E-state index in [0.29, 0.717) is 11.7 Å². The van der Waals surface area contributed by atoms with Crippen LogP contribution in [0.3, 0.4) is 0 Å². The molecule has 0 atom stereocenters. The van der Waals surface area contributed by atoms with Crippen LogP contribution in [0, 0.1) is 0 Å². The van der Waals surface area contributed by atoms with E-state index in [-0.39, 0.29) is 4.90 Å². The molecule has 7 heteroatoms. The van der Waals surface area contributed by atoms with Crippen LogP contribution in [-0.2, 0) is 16.4 Å². The van der Waals surface area contributed by atoms with Gasteiger partial charge < -0.3 is 15.1 Å². The minimum Gasteiger partial charge on any atom is -0.371 e. The zero-order valence-electron chi connectivity index (χ0n) is 20.1. The molecule has 2 heterocycles. The Hall–Kier alpha value is -3.03. The second-order valence-electron chi connectivity index (χ2n) is 9.40. The number of para-hydroxylation sites is 1. The highest BCUT2D eigenvalue weighted by Gasteiger charge is 2.21. The van der Waals surface area contributed by atoms with Gasteiger partial charge in [0.05, 0.1) is 4.90 Å². The van der Waals surface area contributed by atoms with Crippen LogP contribution < -0.4 is 19.8 Å². The zero-order chi connectivity index (χ0) is 24.1. The Morgan fingerprint density at radius 2 is 1.54 bits per heavy atom. The lowest BCUT2D eigenvalue weighted by atomic mass is 10.0. The van der Waals surface area contributed by atoms with Crippen molar-refractivity contribution in [1.29, 1.82) is 0 Å². The number of fused-ring (bicyclic) bond motifs is 1. The summed E-state index contributed by atoms with van der Waals surface area (Å²) in [6, 6.07) is 25.5. The van der Waals surface area contributed by atoms with Crippen LogP contribution in [-0.4, -0.2) is 47.2 Å². The third kappa shape index (κ3) is 5.80. The van der Waals surface area contributed by atoms with E-state index in [1.165, 1.54) is 17.7 Å². The minimum atomic E-state index is -3.56. The average Bonchev–Trinajstić information content (AvgIpc) is 3.31. The molecule has 0 unspecified atom stereocenters. The number of benzene rings is 3. The molecule has 0 amide bonds. The smallest absolute Gasteiger partial charge is 0.261 e. The molecule has 184 valence electrons. The molecule has 2 aliphatic rings. The Morgan fingerprint density at radius 3 is 2.31 bits per heavy atom. The summed E-state index contributed by atoms with van der Waals surface area (Å²) >= 11 is 0. The topological polar surface area (TPSA) is 64.7 Å². The predicted octanol–water partition coefficient (Wildman–Crippen LogP) is 4.50. The first-order valence-corrected chi connectivity index (χ1v) is 14.1. The molecule has 0 aromatic heterocycles. The fourth-order valence-corrected chi connectivity index (χ4v) is 6.19. The molecule has 2 N–H and O–H groups in total. The van der Waals surface area contributed by atoms with Gasteiger partial charge in [0.1, 0.15) is 0 Å². The number of sulfonamides is 1. The highest BCUT2D eigenvalue weighted by atomic mass is 32.2. The van der Waals surface area contributed by atoms with Crippen LogP contribution in [0.5, 0.6) is 0 Å². The average molecular weight is 491 g/mol. The van der Waals surface area contributed by atoms with E-state index < -0.39 is 10.0 Å². The van der Waals surface area contributed by atoms with E-state index in [1.807, 2.05) is 24.3 Å². The number of anilines is 3. The summed E-state index contributed by atoms with van der Waals surface area (Å²) in [5, 5.41) is 3.76. The van der Waals surface area contributed by atoms with Crippen molar-refractivity contribution in [2.75, 3.05) is 47.2 Å². The molecule has 0 aliphatic carbocycles. The zero-order valence-corrected chi connectivity index (χ0v) is 20.9. The normalized spacial score (nSPS) is 16.3. The van der Waals surface area contributed by atoms with Gasteiger partial charge in [0, 0.05) is 49.3 Å². The Morgan fingerprint density at radius 1 is 0.829 bits per heavy atom. The molecular formula is C28H34N4O2S. The van der Waals surface area contributed by atoms with E-state index in [9.17, 15) is 8.42 Å². The standard InChI is InChI=1S/C28H34N4O2S/c33-35(34,27-8-2-1-3-9-27)30-25-11-13-26(14-12-25)31-21-16-24(17-22-31)29-18-6-19-32-20-15-23-7-4-5-10-28(23)32/h1-5,7-14,24,29-30H,6,15-22H2. The summed E-state index contributed by atoms with van der Waals surface area (Å²) in [6.45, 7) is 5.32. The molecule has 0 bridgehead atoms. The van der Waals surface area contributed by atoms with Gasteiger partial charge in [-0.1, -0.05) is 36.4 Å². The lowest BCUT2D eigenvalue weighted by Gasteiger charge is -2.34. The van der Waals surface area contributed by atoms with Crippen molar-refractivity contribution in [3.8, 4) is 0 Å². The van der Waals surface area contributed by atoms with Gasteiger partial charge in [0.25, 0.3) is 10.0 Å². The molecule has 0 saturated carbocycles. The molecular weight excluding hydrogens is 456 g/mol. The Labute approximate surface area is 209 Å². The molecule has 0 spiro atoms. The summed E-state index contributed by atoms with van der Waals surface area (Å²) in [5.41, 5.74) is 4.61. The second-order valence-corrected chi connectivity index (χ2v) is 11.1. The van der Waals surface area contributed by atoms with Crippen molar-refractivity contribution in [2.24, 2.45) is 0 Å². The maximum atomic E-state index is 12.5. The van der Waals surface area contributed by atoms with E-state index in [2.05, 4.69) is 44.1 Å². The molecule has 2 aliphatic heterocycles. The molecule has 3 aromatic rings. The maximum absolute atomic E-state index is 12.5.